The molecule has 1 N–H and O–H groups in total. The second-order valence-electron chi connectivity index (χ2n) is 7.51. The molecule has 3 nitrogen and oxygen atoms in total. The number of amides is 1. The molecule has 0 bridgehead atoms. The van der Waals surface area contributed by atoms with Crippen LogP contribution in [0.4, 0.5) is 0 Å². The van der Waals surface area contributed by atoms with Crippen molar-refractivity contribution in [3.05, 3.63) is 65.7 Å². The van der Waals surface area contributed by atoms with Gasteiger partial charge in [-0.3, -0.25) is 4.79 Å². The molecule has 1 amide bonds. The summed E-state index contributed by atoms with van der Waals surface area (Å²) in [6, 6.07) is 18.3. The smallest absolute Gasteiger partial charge is 0.230 e. The van der Waals surface area contributed by atoms with E-state index in [-0.39, 0.29) is 11.3 Å². The standard InChI is InChI=1S/C22H27NO2/c1-21(2,18-12-7-8-13-19(18)25-3)20(24)23-16-22(14-9-15-22)17-10-5-4-6-11-17/h4-8,10-13H,9,14-16H2,1-3H3,(H,23,24). The molecule has 25 heavy (non-hydrogen) atoms. The third kappa shape index (κ3) is 3.28. The lowest BCUT2D eigenvalue weighted by Gasteiger charge is -2.43. The van der Waals surface area contributed by atoms with Gasteiger partial charge in [-0.25, -0.2) is 0 Å². The van der Waals surface area contributed by atoms with E-state index in [0.29, 0.717) is 6.54 Å². The van der Waals surface area contributed by atoms with E-state index in [1.165, 1.54) is 12.0 Å². The van der Waals surface area contributed by atoms with Crippen molar-refractivity contribution in [2.24, 2.45) is 0 Å². The minimum Gasteiger partial charge on any atom is -0.496 e. The van der Waals surface area contributed by atoms with E-state index in [2.05, 4.69) is 29.6 Å². The first-order valence-corrected chi connectivity index (χ1v) is 8.97. The van der Waals surface area contributed by atoms with Crippen molar-refractivity contribution in [3.63, 3.8) is 0 Å². The number of methoxy groups -OCH3 is 1. The van der Waals surface area contributed by atoms with Crippen LogP contribution >= 0.6 is 0 Å². The molecule has 2 aromatic rings. The molecule has 3 heteroatoms. The van der Waals surface area contributed by atoms with Gasteiger partial charge in [0.15, 0.2) is 0 Å². The lowest BCUT2D eigenvalue weighted by molar-refractivity contribution is -0.126. The lowest BCUT2D eigenvalue weighted by Crippen LogP contribution is -2.49. The number of hydrogen-bond donors (Lipinski definition) is 1. The van der Waals surface area contributed by atoms with Gasteiger partial charge in [-0.05, 0) is 38.3 Å². The van der Waals surface area contributed by atoms with E-state index in [1.807, 2.05) is 44.2 Å². The van der Waals surface area contributed by atoms with Crippen LogP contribution in [0.25, 0.3) is 0 Å². The summed E-state index contributed by atoms with van der Waals surface area (Å²) in [5.41, 5.74) is 1.69. The maximum absolute atomic E-state index is 13.0. The molecule has 0 spiro atoms. The molecule has 132 valence electrons. The molecule has 0 aliphatic heterocycles. The molecule has 3 rings (SSSR count). The Balaban J connectivity index is 1.75. The highest BCUT2D eigenvalue weighted by Gasteiger charge is 2.40. The number of nitrogens with one attached hydrogen (secondary N) is 1. The van der Waals surface area contributed by atoms with Gasteiger partial charge in [0.05, 0.1) is 12.5 Å². The topological polar surface area (TPSA) is 38.3 Å². The number of benzene rings is 2. The number of ether oxygens (including phenoxy) is 1. The Hall–Kier alpha value is -2.29. The van der Waals surface area contributed by atoms with E-state index in [9.17, 15) is 4.79 Å². The lowest BCUT2D eigenvalue weighted by atomic mass is 9.64. The van der Waals surface area contributed by atoms with Crippen LogP contribution in [0, 0.1) is 0 Å². The van der Waals surface area contributed by atoms with E-state index < -0.39 is 5.41 Å². The summed E-state index contributed by atoms with van der Waals surface area (Å²) in [6.07, 6.45) is 3.49. The summed E-state index contributed by atoms with van der Waals surface area (Å²) in [5, 5.41) is 3.22. The highest BCUT2D eigenvalue weighted by atomic mass is 16.5. The Bertz CT molecular complexity index is 733. The molecule has 1 aliphatic carbocycles. The highest BCUT2D eigenvalue weighted by molar-refractivity contribution is 5.88. The number of para-hydroxylation sites is 1. The number of carbonyl (C=O) groups is 1. The second kappa shape index (κ2) is 6.91. The normalized spacial score (nSPS) is 16.0. The van der Waals surface area contributed by atoms with Crippen LogP contribution in [-0.2, 0) is 15.6 Å². The molecule has 0 saturated heterocycles. The van der Waals surface area contributed by atoms with Gasteiger partial charge in [0.25, 0.3) is 0 Å². The predicted octanol–water partition coefficient (Wildman–Crippen LogP) is 4.21. The van der Waals surface area contributed by atoms with Crippen LogP contribution in [0.2, 0.25) is 0 Å². The summed E-state index contributed by atoms with van der Waals surface area (Å²) in [4.78, 5) is 13.0. The molecule has 0 radical (unpaired) electrons. The molecule has 1 fully saturated rings. The molecule has 0 atom stereocenters. The van der Waals surface area contributed by atoms with E-state index in [4.69, 9.17) is 4.74 Å². The maximum Gasteiger partial charge on any atom is 0.230 e. The van der Waals surface area contributed by atoms with Crippen LogP contribution in [0.3, 0.4) is 0 Å². The molecule has 1 saturated carbocycles. The highest BCUT2D eigenvalue weighted by Crippen LogP contribution is 2.43. The molecular weight excluding hydrogens is 310 g/mol. The van der Waals surface area contributed by atoms with Crippen LogP contribution < -0.4 is 10.1 Å². The molecule has 0 unspecified atom stereocenters. The average Bonchev–Trinajstić information content (AvgIpc) is 2.61. The molecule has 2 aromatic carbocycles. The zero-order valence-electron chi connectivity index (χ0n) is 15.3. The molecule has 0 aromatic heterocycles. The Kier molecular flexibility index (Phi) is 4.85. The minimum atomic E-state index is -0.645. The summed E-state index contributed by atoms with van der Waals surface area (Å²) in [6.45, 7) is 4.60. The van der Waals surface area contributed by atoms with Gasteiger partial charge in [0.1, 0.15) is 5.75 Å². The van der Waals surface area contributed by atoms with Crippen molar-refractivity contribution in [1.82, 2.24) is 5.32 Å². The largest absolute Gasteiger partial charge is 0.496 e. The summed E-state index contributed by atoms with van der Waals surface area (Å²) >= 11 is 0. The SMILES string of the molecule is COc1ccccc1C(C)(C)C(=O)NCC1(c2ccccc2)CCC1. The van der Waals surface area contributed by atoms with Crippen LogP contribution in [0.5, 0.6) is 5.75 Å². The minimum absolute atomic E-state index is 0.0409. The monoisotopic (exact) mass is 337 g/mol. The fourth-order valence-corrected chi connectivity index (χ4v) is 3.72. The number of hydrogen-bond acceptors (Lipinski definition) is 2. The maximum atomic E-state index is 13.0. The summed E-state index contributed by atoms with van der Waals surface area (Å²) < 4.78 is 5.45. The van der Waals surface area contributed by atoms with E-state index in [1.54, 1.807) is 7.11 Å². The van der Waals surface area contributed by atoms with Crippen molar-refractivity contribution in [2.75, 3.05) is 13.7 Å². The van der Waals surface area contributed by atoms with Crippen LogP contribution in [-0.4, -0.2) is 19.6 Å². The number of carbonyl (C=O) groups excluding carboxylic acids is 1. The first kappa shape index (κ1) is 17.5. The van der Waals surface area contributed by atoms with Gasteiger partial charge in [-0.15, -0.1) is 0 Å². The molecule has 0 heterocycles. The van der Waals surface area contributed by atoms with Crippen LogP contribution in [0.1, 0.15) is 44.2 Å². The van der Waals surface area contributed by atoms with Crippen molar-refractivity contribution >= 4 is 5.91 Å². The van der Waals surface area contributed by atoms with Gasteiger partial charge < -0.3 is 10.1 Å². The average molecular weight is 337 g/mol. The number of rotatable bonds is 6. The molecular formula is C22H27NO2. The van der Waals surface area contributed by atoms with E-state index in [0.717, 1.165) is 24.2 Å². The fraction of sp³-hybridized carbons (Fsp3) is 0.409. The zero-order valence-corrected chi connectivity index (χ0v) is 15.3. The van der Waals surface area contributed by atoms with Crippen molar-refractivity contribution in [3.8, 4) is 5.75 Å². The van der Waals surface area contributed by atoms with Crippen molar-refractivity contribution < 1.29 is 9.53 Å². The first-order valence-electron chi connectivity index (χ1n) is 8.97. The Morgan fingerprint density at radius 2 is 1.72 bits per heavy atom. The fourth-order valence-electron chi connectivity index (χ4n) is 3.72. The Labute approximate surface area is 150 Å². The van der Waals surface area contributed by atoms with Gasteiger partial charge in [-0.2, -0.15) is 0 Å². The third-order valence-electron chi connectivity index (χ3n) is 5.63. The van der Waals surface area contributed by atoms with Crippen LogP contribution in [0.15, 0.2) is 54.6 Å². The van der Waals surface area contributed by atoms with Gasteiger partial charge in [0.2, 0.25) is 5.91 Å². The second-order valence-corrected chi connectivity index (χ2v) is 7.51. The summed E-state index contributed by atoms with van der Waals surface area (Å²) in [5.74, 6) is 0.795. The zero-order chi connectivity index (χ0) is 17.9. The van der Waals surface area contributed by atoms with Gasteiger partial charge in [-0.1, -0.05) is 55.0 Å². The quantitative estimate of drug-likeness (QED) is 0.857. The van der Waals surface area contributed by atoms with Crippen molar-refractivity contribution in [1.29, 1.82) is 0 Å². The van der Waals surface area contributed by atoms with Gasteiger partial charge >= 0.3 is 0 Å². The van der Waals surface area contributed by atoms with E-state index >= 15 is 0 Å². The first-order chi connectivity index (χ1) is 12.0. The Morgan fingerprint density at radius 1 is 1.08 bits per heavy atom. The molecule has 1 aliphatic rings. The van der Waals surface area contributed by atoms with Gasteiger partial charge in [0, 0.05) is 17.5 Å². The summed E-state index contributed by atoms with van der Waals surface area (Å²) in [7, 11) is 1.64. The third-order valence-corrected chi connectivity index (χ3v) is 5.63. The Morgan fingerprint density at radius 3 is 2.32 bits per heavy atom. The van der Waals surface area contributed by atoms with Crippen molar-refractivity contribution in [2.45, 2.75) is 43.9 Å². The predicted molar refractivity (Wildman–Crippen MR) is 101 cm³/mol.